The van der Waals surface area contributed by atoms with Crippen LogP contribution in [0.1, 0.15) is 41.4 Å². The smallest absolute Gasteiger partial charge is 0.273 e. The molecule has 0 saturated heterocycles. The number of nitro benzene ring substituents is 1. The highest BCUT2D eigenvalue weighted by molar-refractivity contribution is 6.36. The first-order valence-corrected chi connectivity index (χ1v) is 8.00. The van der Waals surface area contributed by atoms with E-state index in [1.54, 1.807) is 19.2 Å². The van der Waals surface area contributed by atoms with Crippen LogP contribution in [0.4, 0.5) is 5.69 Å². The summed E-state index contributed by atoms with van der Waals surface area (Å²) in [5.41, 5.74) is 1.37. The van der Waals surface area contributed by atoms with Crippen LogP contribution in [0.25, 0.3) is 11.0 Å². The number of nitro groups is 1. The maximum atomic E-state index is 13.1. The van der Waals surface area contributed by atoms with E-state index in [2.05, 4.69) is 9.97 Å². The van der Waals surface area contributed by atoms with Gasteiger partial charge in [-0.25, -0.2) is 9.97 Å². The molecule has 3 rings (SSSR count). The average molecular weight is 359 g/mol. The maximum absolute atomic E-state index is 13.1. The molecule has 0 aliphatic rings. The molecule has 0 aliphatic carbocycles. The summed E-state index contributed by atoms with van der Waals surface area (Å²) in [6.45, 7) is 5.48. The molecule has 0 aliphatic heterocycles. The zero-order valence-electron chi connectivity index (χ0n) is 13.9. The Bertz CT molecular complexity index is 1010. The third-order valence-corrected chi connectivity index (χ3v) is 4.40. The van der Waals surface area contributed by atoms with Crippen molar-refractivity contribution >= 4 is 34.1 Å². The number of hydrogen-bond donors (Lipinski definition) is 0. The van der Waals surface area contributed by atoms with Crippen molar-refractivity contribution in [3.63, 3.8) is 0 Å². The number of ketones is 1. The molecule has 8 heteroatoms. The van der Waals surface area contributed by atoms with Crippen LogP contribution < -0.4 is 0 Å². The number of nitrogens with zero attached hydrogens (tertiary/aromatic N) is 4. The molecule has 0 fully saturated rings. The quantitative estimate of drug-likeness (QED) is 0.303. The summed E-state index contributed by atoms with van der Waals surface area (Å²) < 4.78 is 1.84. The Hall–Kier alpha value is -2.80. The molecule has 2 heterocycles. The molecule has 3 aromatic rings. The molecule has 0 N–H and O–H groups in total. The number of halogens is 1. The highest BCUT2D eigenvalue weighted by Crippen LogP contribution is 2.31. The van der Waals surface area contributed by atoms with Gasteiger partial charge in [0.1, 0.15) is 17.1 Å². The van der Waals surface area contributed by atoms with Gasteiger partial charge in [-0.05, 0) is 20.8 Å². The van der Waals surface area contributed by atoms with Crippen LogP contribution in [0.2, 0.25) is 5.15 Å². The van der Waals surface area contributed by atoms with E-state index in [1.165, 1.54) is 18.5 Å². The Labute approximate surface area is 148 Å². The molecule has 2 aromatic heterocycles. The van der Waals surface area contributed by atoms with Gasteiger partial charge in [0.2, 0.25) is 0 Å². The van der Waals surface area contributed by atoms with E-state index in [0.717, 1.165) is 0 Å². The fourth-order valence-electron chi connectivity index (χ4n) is 2.83. The van der Waals surface area contributed by atoms with E-state index in [-0.39, 0.29) is 28.2 Å². The van der Waals surface area contributed by atoms with E-state index in [1.807, 2.05) is 18.4 Å². The fourth-order valence-corrected chi connectivity index (χ4v) is 3.06. The van der Waals surface area contributed by atoms with E-state index < -0.39 is 4.92 Å². The van der Waals surface area contributed by atoms with Gasteiger partial charge in [-0.3, -0.25) is 14.9 Å². The van der Waals surface area contributed by atoms with Gasteiger partial charge in [0, 0.05) is 29.4 Å². The van der Waals surface area contributed by atoms with Crippen LogP contribution in [-0.4, -0.2) is 25.2 Å². The van der Waals surface area contributed by atoms with Gasteiger partial charge < -0.3 is 4.57 Å². The molecule has 0 atom stereocenters. The van der Waals surface area contributed by atoms with Crippen molar-refractivity contribution in [2.45, 2.75) is 26.8 Å². The van der Waals surface area contributed by atoms with E-state index in [4.69, 9.17) is 11.6 Å². The lowest BCUT2D eigenvalue weighted by Crippen LogP contribution is -2.06. The lowest BCUT2D eigenvalue weighted by Gasteiger charge is -2.07. The summed E-state index contributed by atoms with van der Waals surface area (Å²) in [6.07, 6.45) is 3.02. The van der Waals surface area contributed by atoms with Gasteiger partial charge in [-0.2, -0.15) is 0 Å². The second-order valence-corrected chi connectivity index (χ2v) is 6.30. The molecule has 0 unspecified atom stereocenters. The Morgan fingerprint density at radius 1 is 1.28 bits per heavy atom. The summed E-state index contributed by atoms with van der Waals surface area (Å²) >= 11 is 6.21. The van der Waals surface area contributed by atoms with Crippen LogP contribution in [-0.2, 0) is 0 Å². The normalized spacial score (nSPS) is 11.2. The van der Waals surface area contributed by atoms with Gasteiger partial charge in [-0.15, -0.1) is 0 Å². The van der Waals surface area contributed by atoms with Crippen LogP contribution >= 0.6 is 11.6 Å². The first-order chi connectivity index (χ1) is 11.8. The predicted octanol–water partition coefficient (Wildman–Crippen LogP) is 4.11. The summed E-state index contributed by atoms with van der Waals surface area (Å²) in [4.78, 5) is 31.9. The molecule has 25 heavy (non-hydrogen) atoms. The highest BCUT2D eigenvalue weighted by atomic mass is 35.5. The van der Waals surface area contributed by atoms with Crippen LogP contribution in [0.5, 0.6) is 0 Å². The molecule has 0 saturated carbocycles. The van der Waals surface area contributed by atoms with Crippen molar-refractivity contribution in [3.8, 4) is 0 Å². The van der Waals surface area contributed by atoms with Crippen LogP contribution in [0.15, 0.2) is 30.7 Å². The third kappa shape index (κ3) is 2.76. The monoisotopic (exact) mass is 358 g/mol. The molecular weight excluding hydrogens is 344 g/mol. The van der Waals surface area contributed by atoms with Crippen LogP contribution in [0.3, 0.4) is 0 Å². The predicted molar refractivity (Wildman–Crippen MR) is 94.2 cm³/mol. The number of rotatable bonds is 4. The molecule has 7 nitrogen and oxygen atoms in total. The Kier molecular flexibility index (Phi) is 4.26. The Balaban J connectivity index is 2.26. The number of aromatic nitrogens is 3. The minimum atomic E-state index is -0.500. The minimum Gasteiger partial charge on any atom is -0.329 e. The second kappa shape index (κ2) is 6.25. The van der Waals surface area contributed by atoms with Crippen molar-refractivity contribution in [3.05, 3.63) is 62.7 Å². The van der Waals surface area contributed by atoms with Crippen molar-refractivity contribution in [2.24, 2.45) is 0 Å². The van der Waals surface area contributed by atoms with E-state index in [9.17, 15) is 14.9 Å². The van der Waals surface area contributed by atoms with Gasteiger partial charge in [-0.1, -0.05) is 23.7 Å². The van der Waals surface area contributed by atoms with Gasteiger partial charge in [0.15, 0.2) is 5.78 Å². The van der Waals surface area contributed by atoms with Crippen LogP contribution in [0, 0.1) is 17.0 Å². The Morgan fingerprint density at radius 2 is 2.00 bits per heavy atom. The lowest BCUT2D eigenvalue weighted by atomic mass is 9.98. The molecule has 0 amide bonds. The molecule has 0 bridgehead atoms. The number of benzene rings is 1. The molecule has 128 valence electrons. The molecular formula is C17H15ClN4O3. The largest absolute Gasteiger partial charge is 0.329 e. The van der Waals surface area contributed by atoms with Crippen molar-refractivity contribution < 1.29 is 9.72 Å². The first-order valence-electron chi connectivity index (χ1n) is 7.62. The average Bonchev–Trinajstić information content (AvgIpc) is 2.95. The molecule has 0 radical (unpaired) electrons. The van der Waals surface area contributed by atoms with Gasteiger partial charge in [0.05, 0.1) is 15.9 Å². The second-order valence-electron chi connectivity index (χ2n) is 5.94. The minimum absolute atomic E-state index is 0.0567. The zero-order chi connectivity index (χ0) is 18.3. The number of carbonyl (C=O) groups excluding carboxylic acids is 1. The number of fused-ring (bicyclic) bond motifs is 1. The summed E-state index contributed by atoms with van der Waals surface area (Å²) in [5.74, 6) is -0.345. The highest BCUT2D eigenvalue weighted by Gasteiger charge is 2.24. The number of carbonyl (C=O) groups is 1. The maximum Gasteiger partial charge on any atom is 0.273 e. The van der Waals surface area contributed by atoms with Crippen molar-refractivity contribution in [2.75, 3.05) is 0 Å². The SMILES string of the molecule is Cc1c(C(=O)c2cn(C(C)C)c3ncnc(Cl)c23)cccc1[N+](=O)[O-]. The lowest BCUT2D eigenvalue weighted by molar-refractivity contribution is -0.385. The molecule has 0 spiro atoms. The van der Waals surface area contributed by atoms with E-state index >= 15 is 0 Å². The third-order valence-electron chi connectivity index (χ3n) is 4.11. The zero-order valence-corrected chi connectivity index (χ0v) is 14.6. The first kappa shape index (κ1) is 17.0. The summed E-state index contributed by atoms with van der Waals surface area (Å²) in [5, 5.41) is 11.8. The fraction of sp³-hybridized carbons (Fsp3) is 0.235. The van der Waals surface area contributed by atoms with Crippen molar-refractivity contribution in [1.82, 2.24) is 14.5 Å². The standard InChI is InChI=1S/C17H15ClN4O3/c1-9(2)21-7-12(14-16(18)19-8-20-17(14)21)15(23)11-5-4-6-13(10(11)3)22(24)25/h4-9H,1-3H3. The Morgan fingerprint density at radius 3 is 2.64 bits per heavy atom. The van der Waals surface area contributed by atoms with Gasteiger partial charge >= 0.3 is 0 Å². The number of hydrogen-bond acceptors (Lipinski definition) is 5. The van der Waals surface area contributed by atoms with E-state index in [0.29, 0.717) is 22.2 Å². The topological polar surface area (TPSA) is 90.9 Å². The van der Waals surface area contributed by atoms with Gasteiger partial charge in [0.25, 0.3) is 5.69 Å². The molecule has 1 aromatic carbocycles. The summed E-state index contributed by atoms with van der Waals surface area (Å²) in [6, 6.07) is 4.50. The van der Waals surface area contributed by atoms with Crippen molar-refractivity contribution in [1.29, 1.82) is 0 Å². The summed E-state index contributed by atoms with van der Waals surface area (Å²) in [7, 11) is 0.